The van der Waals surface area contributed by atoms with Gasteiger partial charge in [-0.15, -0.1) is 6.58 Å². The Balaban J connectivity index is 1.98. The minimum absolute atomic E-state index is 0.512. The van der Waals surface area contributed by atoms with Gasteiger partial charge in [0.1, 0.15) is 5.82 Å². The van der Waals surface area contributed by atoms with Crippen LogP contribution in [0, 0.1) is 0 Å². The van der Waals surface area contributed by atoms with Crippen molar-refractivity contribution in [2.45, 2.75) is 38.1 Å². The lowest BCUT2D eigenvalue weighted by Crippen LogP contribution is -2.30. The van der Waals surface area contributed by atoms with Crippen molar-refractivity contribution < 1.29 is 0 Å². The van der Waals surface area contributed by atoms with E-state index in [4.69, 9.17) is 12.2 Å². The van der Waals surface area contributed by atoms with Gasteiger partial charge in [-0.05, 0) is 25.1 Å². The van der Waals surface area contributed by atoms with Crippen LogP contribution in [0.4, 0.5) is 5.82 Å². The number of thiocarbonyl (C=S) groups is 1. The van der Waals surface area contributed by atoms with Crippen LogP contribution in [-0.2, 0) is 0 Å². The van der Waals surface area contributed by atoms with Crippen molar-refractivity contribution in [3.05, 3.63) is 24.9 Å². The van der Waals surface area contributed by atoms with Crippen molar-refractivity contribution in [3.8, 4) is 0 Å². The molecule has 0 amide bonds. The Bertz CT molecular complexity index is 407. The highest BCUT2D eigenvalue weighted by Gasteiger charge is 2.18. The van der Waals surface area contributed by atoms with E-state index in [0.29, 0.717) is 17.7 Å². The summed E-state index contributed by atoms with van der Waals surface area (Å²) in [5.74, 6) is 0.975. The van der Waals surface area contributed by atoms with Gasteiger partial charge in [0.05, 0.1) is 12.2 Å². The summed E-state index contributed by atoms with van der Waals surface area (Å²) in [6.45, 7) is 4.32. The molecule has 0 unspecified atom stereocenters. The van der Waals surface area contributed by atoms with Crippen molar-refractivity contribution in [2.24, 2.45) is 0 Å². The van der Waals surface area contributed by atoms with Crippen molar-refractivity contribution in [1.82, 2.24) is 15.1 Å². The van der Waals surface area contributed by atoms with Crippen LogP contribution in [0.5, 0.6) is 0 Å². The number of aromatic nitrogens is 2. The van der Waals surface area contributed by atoms with Crippen molar-refractivity contribution >= 4 is 23.1 Å². The summed E-state index contributed by atoms with van der Waals surface area (Å²) < 4.78 is 2.07. The van der Waals surface area contributed by atoms with Crippen LogP contribution in [-0.4, -0.2) is 21.4 Å². The summed E-state index contributed by atoms with van der Waals surface area (Å²) in [5.41, 5.74) is 0. The molecule has 2 N–H and O–H groups in total. The zero-order chi connectivity index (χ0) is 12.8. The molecule has 0 bridgehead atoms. The number of rotatable bonds is 4. The fourth-order valence-electron chi connectivity index (χ4n) is 2.36. The maximum absolute atomic E-state index is 5.22. The van der Waals surface area contributed by atoms with Gasteiger partial charge in [0, 0.05) is 12.6 Å². The molecule has 1 saturated carbocycles. The van der Waals surface area contributed by atoms with Crippen LogP contribution in [0.15, 0.2) is 24.9 Å². The van der Waals surface area contributed by atoms with Crippen LogP contribution in [0.3, 0.4) is 0 Å². The Morgan fingerprint density at radius 1 is 1.50 bits per heavy atom. The molecule has 0 saturated heterocycles. The number of hydrogen-bond donors (Lipinski definition) is 2. The predicted octanol–water partition coefficient (Wildman–Crippen LogP) is 2.86. The van der Waals surface area contributed by atoms with Gasteiger partial charge in [-0.2, -0.15) is 5.10 Å². The predicted molar refractivity (Wildman–Crippen MR) is 78.8 cm³/mol. The van der Waals surface area contributed by atoms with Crippen molar-refractivity contribution in [3.63, 3.8) is 0 Å². The highest BCUT2D eigenvalue weighted by atomic mass is 32.1. The highest BCUT2D eigenvalue weighted by Crippen LogP contribution is 2.29. The lowest BCUT2D eigenvalue weighted by molar-refractivity contribution is 0.333. The summed E-state index contributed by atoms with van der Waals surface area (Å²) in [6.07, 6.45) is 9.97. The minimum Gasteiger partial charge on any atom is -0.359 e. The molecule has 18 heavy (non-hydrogen) atoms. The standard InChI is InChI=1S/C13H20N4S/c1-2-9-14-13(18)16-12-8-10-15-17(12)11-6-4-3-5-7-11/h2,8,10-11H,1,3-7,9H2,(H2,14,16,18). The van der Waals surface area contributed by atoms with E-state index >= 15 is 0 Å². The van der Waals surface area contributed by atoms with Gasteiger partial charge in [-0.3, -0.25) is 0 Å². The first-order valence-electron chi connectivity index (χ1n) is 6.50. The molecule has 5 heteroatoms. The molecular weight excluding hydrogens is 244 g/mol. The average molecular weight is 264 g/mol. The number of hydrogen-bond acceptors (Lipinski definition) is 2. The van der Waals surface area contributed by atoms with Gasteiger partial charge in [0.15, 0.2) is 5.11 Å². The fraction of sp³-hybridized carbons (Fsp3) is 0.538. The molecule has 1 fully saturated rings. The Morgan fingerprint density at radius 2 is 2.28 bits per heavy atom. The maximum atomic E-state index is 5.22. The maximum Gasteiger partial charge on any atom is 0.172 e. The highest BCUT2D eigenvalue weighted by molar-refractivity contribution is 7.80. The van der Waals surface area contributed by atoms with E-state index in [0.717, 1.165) is 5.82 Å². The Morgan fingerprint density at radius 3 is 3.00 bits per heavy atom. The van der Waals surface area contributed by atoms with Crippen LogP contribution in [0.25, 0.3) is 0 Å². The summed E-state index contributed by atoms with van der Waals surface area (Å²) >= 11 is 5.22. The number of nitrogens with zero attached hydrogens (tertiary/aromatic N) is 2. The van der Waals surface area contributed by atoms with Crippen molar-refractivity contribution in [2.75, 3.05) is 11.9 Å². The summed E-state index contributed by atoms with van der Waals surface area (Å²) in [6, 6.07) is 2.48. The van der Waals surface area contributed by atoms with E-state index in [1.807, 2.05) is 12.3 Å². The largest absolute Gasteiger partial charge is 0.359 e. The zero-order valence-electron chi connectivity index (χ0n) is 10.6. The van der Waals surface area contributed by atoms with Crippen LogP contribution in [0.2, 0.25) is 0 Å². The van der Waals surface area contributed by atoms with Gasteiger partial charge in [-0.1, -0.05) is 25.3 Å². The summed E-state index contributed by atoms with van der Waals surface area (Å²) in [4.78, 5) is 0. The average Bonchev–Trinajstić information content (AvgIpc) is 2.85. The Labute approximate surface area is 113 Å². The van der Waals surface area contributed by atoms with Crippen LogP contribution >= 0.6 is 12.2 Å². The SMILES string of the molecule is C=CCNC(=S)Nc1ccnn1C1CCCCC1. The molecule has 1 heterocycles. The third kappa shape index (κ3) is 3.32. The van der Waals surface area contributed by atoms with Gasteiger partial charge in [0.25, 0.3) is 0 Å². The second-order valence-electron chi connectivity index (χ2n) is 4.58. The van der Waals surface area contributed by atoms with E-state index in [-0.39, 0.29) is 0 Å². The first-order chi connectivity index (χ1) is 8.81. The third-order valence-electron chi connectivity index (χ3n) is 3.24. The lowest BCUT2D eigenvalue weighted by atomic mass is 9.96. The molecular formula is C13H20N4S. The monoisotopic (exact) mass is 264 g/mol. The van der Waals surface area contributed by atoms with E-state index in [9.17, 15) is 0 Å². The van der Waals surface area contributed by atoms with Gasteiger partial charge in [-0.25, -0.2) is 4.68 Å². The Kier molecular flexibility index (Phi) is 4.75. The molecule has 1 aliphatic rings. The first kappa shape index (κ1) is 13.1. The van der Waals surface area contributed by atoms with Crippen LogP contribution in [0.1, 0.15) is 38.1 Å². The summed E-state index contributed by atoms with van der Waals surface area (Å²) in [7, 11) is 0. The molecule has 2 rings (SSSR count). The lowest BCUT2D eigenvalue weighted by Gasteiger charge is -2.24. The topological polar surface area (TPSA) is 41.9 Å². The Hall–Kier alpha value is -1.36. The van der Waals surface area contributed by atoms with Crippen molar-refractivity contribution in [1.29, 1.82) is 0 Å². The normalized spacial score (nSPS) is 16.2. The molecule has 0 atom stereocenters. The van der Waals surface area contributed by atoms with E-state index in [2.05, 4.69) is 27.0 Å². The first-order valence-corrected chi connectivity index (χ1v) is 6.91. The second-order valence-corrected chi connectivity index (χ2v) is 4.98. The fourth-order valence-corrected chi connectivity index (χ4v) is 2.54. The molecule has 4 nitrogen and oxygen atoms in total. The molecule has 1 aromatic rings. The molecule has 1 aliphatic carbocycles. The molecule has 0 spiro atoms. The quantitative estimate of drug-likeness (QED) is 0.648. The van der Waals surface area contributed by atoms with Gasteiger partial charge in [0.2, 0.25) is 0 Å². The molecule has 98 valence electrons. The minimum atomic E-state index is 0.512. The molecule has 0 aliphatic heterocycles. The van der Waals surface area contributed by atoms with E-state index in [1.54, 1.807) is 6.08 Å². The smallest absolute Gasteiger partial charge is 0.172 e. The van der Waals surface area contributed by atoms with E-state index in [1.165, 1.54) is 32.1 Å². The van der Waals surface area contributed by atoms with Gasteiger partial charge < -0.3 is 10.6 Å². The third-order valence-corrected chi connectivity index (χ3v) is 3.49. The van der Waals surface area contributed by atoms with E-state index < -0.39 is 0 Å². The summed E-state index contributed by atoms with van der Waals surface area (Å²) in [5, 5.41) is 11.3. The second kappa shape index (κ2) is 6.54. The molecule has 0 aromatic carbocycles. The number of nitrogens with one attached hydrogen (secondary N) is 2. The van der Waals surface area contributed by atoms with Gasteiger partial charge >= 0.3 is 0 Å². The molecule has 1 aromatic heterocycles. The zero-order valence-corrected chi connectivity index (χ0v) is 11.4. The van der Waals surface area contributed by atoms with Crippen LogP contribution < -0.4 is 10.6 Å². The molecule has 0 radical (unpaired) electrons. The number of anilines is 1.